The summed E-state index contributed by atoms with van der Waals surface area (Å²) >= 11 is 0. The Bertz CT molecular complexity index is 1800. The van der Waals surface area contributed by atoms with Gasteiger partial charge in [-0.2, -0.15) is 0 Å². The molecule has 0 bridgehead atoms. The molecule has 5 aromatic carbocycles. The van der Waals surface area contributed by atoms with Gasteiger partial charge in [-0.1, -0.05) is 42.0 Å². The molecule has 0 amide bonds. The van der Waals surface area contributed by atoms with E-state index in [1.165, 1.54) is 89.5 Å². The lowest BCUT2D eigenvalue weighted by Gasteiger charge is -2.45. The second kappa shape index (κ2) is 8.89. The highest BCUT2D eigenvalue weighted by molar-refractivity contribution is 7.00. The third-order valence-corrected chi connectivity index (χ3v) is 8.54. The first kappa shape index (κ1) is 24.8. The number of hydrogen-bond acceptors (Lipinski definition) is 2. The second-order valence-corrected chi connectivity index (χ2v) is 12.1. The molecule has 0 aliphatic carbocycles. The predicted octanol–water partition coefficient (Wildman–Crippen LogP) is 7.93. The number of aryl methyl sites for hydroxylation is 7. The van der Waals surface area contributed by atoms with Crippen LogP contribution in [-0.2, 0) is 0 Å². The van der Waals surface area contributed by atoms with Crippen molar-refractivity contribution >= 4 is 57.2 Å². The molecular formula is C37H35BN2. The molecule has 5 aromatic rings. The first-order chi connectivity index (χ1) is 19.2. The second-order valence-electron chi connectivity index (χ2n) is 12.1. The fourth-order valence-electron chi connectivity index (χ4n) is 7.27. The van der Waals surface area contributed by atoms with Crippen LogP contribution < -0.4 is 26.2 Å². The third kappa shape index (κ3) is 3.72. The van der Waals surface area contributed by atoms with E-state index >= 15 is 0 Å². The maximum atomic E-state index is 2.52. The summed E-state index contributed by atoms with van der Waals surface area (Å²) in [5.74, 6) is 0. The zero-order valence-electron chi connectivity index (χ0n) is 24.6. The van der Waals surface area contributed by atoms with Crippen molar-refractivity contribution in [2.24, 2.45) is 0 Å². The van der Waals surface area contributed by atoms with Crippen LogP contribution in [0.5, 0.6) is 0 Å². The van der Waals surface area contributed by atoms with Crippen molar-refractivity contribution in [3.8, 4) is 0 Å². The van der Waals surface area contributed by atoms with Gasteiger partial charge in [-0.25, -0.2) is 0 Å². The zero-order chi connectivity index (χ0) is 27.9. The van der Waals surface area contributed by atoms with Crippen LogP contribution >= 0.6 is 0 Å². The highest BCUT2D eigenvalue weighted by atomic mass is 15.2. The van der Waals surface area contributed by atoms with E-state index in [0.29, 0.717) is 0 Å². The molecule has 0 unspecified atom stereocenters. The number of anilines is 6. The predicted molar refractivity (Wildman–Crippen MR) is 174 cm³/mol. The van der Waals surface area contributed by atoms with Crippen molar-refractivity contribution < 1.29 is 0 Å². The van der Waals surface area contributed by atoms with Crippen molar-refractivity contribution in [1.29, 1.82) is 0 Å². The van der Waals surface area contributed by atoms with Gasteiger partial charge in [0, 0.05) is 34.1 Å². The number of nitrogens with zero attached hydrogens (tertiary/aromatic N) is 2. The Morgan fingerprint density at radius 1 is 0.425 bits per heavy atom. The summed E-state index contributed by atoms with van der Waals surface area (Å²) in [6.45, 7) is 15.7. The molecule has 0 saturated heterocycles. The molecule has 40 heavy (non-hydrogen) atoms. The highest BCUT2D eigenvalue weighted by Crippen LogP contribution is 2.45. The lowest BCUT2D eigenvalue weighted by atomic mass is 9.32. The Hall–Kier alpha value is -4.24. The van der Waals surface area contributed by atoms with E-state index in [2.05, 4.69) is 143 Å². The Balaban J connectivity index is 1.61. The lowest BCUT2D eigenvalue weighted by molar-refractivity contribution is 1.22. The molecule has 0 spiro atoms. The van der Waals surface area contributed by atoms with Gasteiger partial charge in [-0.3, -0.25) is 0 Å². The van der Waals surface area contributed by atoms with E-state index in [0.717, 1.165) is 0 Å². The van der Waals surface area contributed by atoms with Gasteiger partial charge in [0.2, 0.25) is 0 Å². The Morgan fingerprint density at radius 3 is 1.50 bits per heavy atom. The Kier molecular flexibility index (Phi) is 5.51. The minimum absolute atomic E-state index is 0.168. The standard InChI is InChI=1S/C37H35BN2/c1-22-11-12-31-34(20-22)39(29-16-23(2)13-24(3)17-29)32-9-8-10-33-37(32)38(31)36-28(7)15-27(6)21-35(36)40(33)30-18-25(4)14-26(5)19-30/h8-21H,1-7H3. The average Bonchev–Trinajstić information content (AvgIpc) is 2.87. The van der Waals surface area contributed by atoms with Crippen LogP contribution in [0, 0.1) is 48.5 Å². The normalized spacial score (nSPS) is 13.2. The van der Waals surface area contributed by atoms with E-state index in [-0.39, 0.29) is 6.71 Å². The molecule has 2 heterocycles. The quantitative estimate of drug-likeness (QED) is 0.215. The summed E-state index contributed by atoms with van der Waals surface area (Å²) in [6.07, 6.45) is 0. The van der Waals surface area contributed by atoms with Crippen LogP contribution in [0.15, 0.2) is 84.9 Å². The number of rotatable bonds is 2. The number of hydrogen-bond donors (Lipinski definition) is 0. The van der Waals surface area contributed by atoms with Crippen LogP contribution in [0.1, 0.15) is 38.9 Å². The van der Waals surface area contributed by atoms with Gasteiger partial charge in [-0.05, 0) is 147 Å². The Morgan fingerprint density at radius 2 is 0.925 bits per heavy atom. The third-order valence-electron chi connectivity index (χ3n) is 8.54. The molecule has 0 saturated carbocycles. The molecule has 7 rings (SSSR count). The van der Waals surface area contributed by atoms with Gasteiger partial charge in [0.05, 0.1) is 0 Å². The lowest BCUT2D eigenvalue weighted by Crippen LogP contribution is -2.62. The summed E-state index contributed by atoms with van der Waals surface area (Å²) in [5.41, 5.74) is 20.8. The molecule has 2 aliphatic heterocycles. The zero-order valence-corrected chi connectivity index (χ0v) is 24.6. The van der Waals surface area contributed by atoms with E-state index in [1.54, 1.807) is 0 Å². The van der Waals surface area contributed by atoms with Gasteiger partial charge in [0.15, 0.2) is 0 Å². The smallest absolute Gasteiger partial charge is 0.252 e. The molecular weight excluding hydrogens is 483 g/mol. The molecule has 2 nitrogen and oxygen atoms in total. The summed E-state index contributed by atoms with van der Waals surface area (Å²) < 4.78 is 0. The minimum Gasteiger partial charge on any atom is -0.311 e. The fourth-order valence-corrected chi connectivity index (χ4v) is 7.27. The SMILES string of the molecule is Cc1cc(C)cc(N2c3cc(C)ccc3B3c4c(C)cc(C)cc4N(c4cc(C)cc(C)c4)c4cccc2c43)c1. The maximum Gasteiger partial charge on any atom is 0.252 e. The largest absolute Gasteiger partial charge is 0.311 e. The first-order valence-corrected chi connectivity index (χ1v) is 14.3. The molecule has 0 atom stereocenters. The van der Waals surface area contributed by atoms with Gasteiger partial charge in [-0.15, -0.1) is 0 Å². The summed E-state index contributed by atoms with van der Waals surface area (Å²) in [6, 6.07) is 32.5. The van der Waals surface area contributed by atoms with Crippen LogP contribution in [0.2, 0.25) is 0 Å². The molecule has 0 N–H and O–H groups in total. The number of benzene rings is 5. The van der Waals surface area contributed by atoms with Crippen LogP contribution in [0.3, 0.4) is 0 Å². The minimum atomic E-state index is 0.168. The van der Waals surface area contributed by atoms with E-state index in [9.17, 15) is 0 Å². The van der Waals surface area contributed by atoms with Crippen molar-refractivity contribution in [3.05, 3.63) is 124 Å². The summed E-state index contributed by atoms with van der Waals surface area (Å²) in [7, 11) is 0. The van der Waals surface area contributed by atoms with Crippen LogP contribution in [-0.4, -0.2) is 6.71 Å². The molecule has 0 aromatic heterocycles. The average molecular weight is 519 g/mol. The van der Waals surface area contributed by atoms with Crippen molar-refractivity contribution in [1.82, 2.24) is 0 Å². The highest BCUT2D eigenvalue weighted by Gasteiger charge is 2.43. The molecule has 0 fully saturated rings. The van der Waals surface area contributed by atoms with Crippen LogP contribution in [0.25, 0.3) is 0 Å². The van der Waals surface area contributed by atoms with Gasteiger partial charge < -0.3 is 9.80 Å². The molecule has 3 heteroatoms. The summed E-state index contributed by atoms with van der Waals surface area (Å²) in [4.78, 5) is 5.02. The molecule has 196 valence electrons. The van der Waals surface area contributed by atoms with E-state index < -0.39 is 0 Å². The topological polar surface area (TPSA) is 6.48 Å². The van der Waals surface area contributed by atoms with Gasteiger partial charge >= 0.3 is 0 Å². The monoisotopic (exact) mass is 518 g/mol. The molecule has 2 aliphatic rings. The van der Waals surface area contributed by atoms with Crippen molar-refractivity contribution in [2.75, 3.05) is 9.80 Å². The maximum absolute atomic E-state index is 2.52. The molecule has 0 radical (unpaired) electrons. The van der Waals surface area contributed by atoms with Gasteiger partial charge in [0.25, 0.3) is 6.71 Å². The Labute approximate surface area is 239 Å². The summed E-state index contributed by atoms with van der Waals surface area (Å²) in [5, 5.41) is 0. The van der Waals surface area contributed by atoms with Crippen molar-refractivity contribution in [2.45, 2.75) is 48.5 Å². The first-order valence-electron chi connectivity index (χ1n) is 14.3. The van der Waals surface area contributed by atoms with Crippen molar-refractivity contribution in [3.63, 3.8) is 0 Å². The van der Waals surface area contributed by atoms with Gasteiger partial charge in [0.1, 0.15) is 0 Å². The fraction of sp³-hybridized carbons (Fsp3) is 0.189. The van der Waals surface area contributed by atoms with E-state index in [1.807, 2.05) is 0 Å². The number of fused-ring (bicyclic) bond motifs is 4. The van der Waals surface area contributed by atoms with E-state index in [4.69, 9.17) is 0 Å². The van der Waals surface area contributed by atoms with Crippen LogP contribution in [0.4, 0.5) is 34.1 Å².